The number of halogens is 2. The van der Waals surface area contributed by atoms with Gasteiger partial charge in [-0.1, -0.05) is 18.5 Å². The van der Waals surface area contributed by atoms with E-state index >= 15 is 0 Å². The smallest absolute Gasteiger partial charge is 0.341 e. The first-order chi connectivity index (χ1) is 16.6. The Balaban J connectivity index is 1.78. The predicted octanol–water partition coefficient (Wildman–Crippen LogP) is 4.60. The van der Waals surface area contributed by atoms with Gasteiger partial charge in [0.05, 0.1) is 22.1 Å². The topological polar surface area (TPSA) is 103 Å². The number of nitrogens with one attached hydrogen (secondary N) is 1. The molecule has 186 valence electrons. The maximum Gasteiger partial charge on any atom is 0.341 e. The molecule has 0 unspecified atom stereocenters. The lowest BCUT2D eigenvalue weighted by atomic mass is 10.1. The molecule has 0 saturated heterocycles. The first-order valence-corrected chi connectivity index (χ1v) is 11.8. The number of aromatic nitrogens is 2. The van der Waals surface area contributed by atoms with Crippen LogP contribution in [0.25, 0.3) is 0 Å². The third-order valence-corrected chi connectivity index (χ3v) is 6.23. The van der Waals surface area contributed by atoms with E-state index < -0.39 is 17.7 Å². The van der Waals surface area contributed by atoms with Gasteiger partial charge in [0.1, 0.15) is 16.6 Å². The maximum absolute atomic E-state index is 13.3. The number of esters is 1. The van der Waals surface area contributed by atoms with Crippen LogP contribution in [0.5, 0.6) is 5.75 Å². The molecule has 9 nitrogen and oxygen atoms in total. The summed E-state index contributed by atoms with van der Waals surface area (Å²) in [5, 5.41) is 6.96. The van der Waals surface area contributed by atoms with Crippen molar-refractivity contribution < 1.29 is 28.2 Å². The minimum Gasteiger partial charge on any atom is -0.471 e. The highest BCUT2D eigenvalue weighted by Crippen LogP contribution is 2.34. The van der Waals surface area contributed by atoms with E-state index in [1.165, 1.54) is 40.0 Å². The largest absolute Gasteiger partial charge is 0.471 e. The Labute approximate surface area is 210 Å². The molecule has 0 aliphatic rings. The highest BCUT2D eigenvalue weighted by Gasteiger charge is 2.28. The Morgan fingerprint density at radius 3 is 2.66 bits per heavy atom. The molecule has 35 heavy (non-hydrogen) atoms. The molecule has 0 aliphatic heterocycles. The van der Waals surface area contributed by atoms with Gasteiger partial charge in [-0.3, -0.25) is 9.59 Å². The standard InChI is InChI=1S/C23H24ClFN4O5S/c1-5-10-33-23(32)18-13(2)19(22(31)28(3)4)35-21(18)26-20(30)17-8-9-29(27-17)12-34-14-6-7-16(25)15(24)11-14/h6-9,11H,5,10,12H2,1-4H3,(H,26,30). The third-order valence-electron chi connectivity index (χ3n) is 4.74. The van der Waals surface area contributed by atoms with Gasteiger partial charge in [0, 0.05) is 26.4 Å². The molecule has 0 saturated carbocycles. The van der Waals surface area contributed by atoms with Crippen LogP contribution in [-0.2, 0) is 11.5 Å². The summed E-state index contributed by atoms with van der Waals surface area (Å²) < 4.78 is 25.4. The second-order valence-electron chi connectivity index (χ2n) is 7.64. The first-order valence-electron chi connectivity index (χ1n) is 10.6. The van der Waals surface area contributed by atoms with Gasteiger partial charge < -0.3 is 19.7 Å². The molecule has 0 spiro atoms. The molecule has 0 aliphatic carbocycles. The molecule has 0 radical (unpaired) electrons. The summed E-state index contributed by atoms with van der Waals surface area (Å²) in [6.45, 7) is 3.66. The fourth-order valence-electron chi connectivity index (χ4n) is 2.95. The van der Waals surface area contributed by atoms with E-state index in [-0.39, 0.29) is 40.5 Å². The summed E-state index contributed by atoms with van der Waals surface area (Å²) >= 11 is 6.74. The van der Waals surface area contributed by atoms with E-state index in [1.54, 1.807) is 21.0 Å². The zero-order chi connectivity index (χ0) is 25.7. The number of amides is 2. The van der Waals surface area contributed by atoms with Crippen LogP contribution in [0.1, 0.15) is 49.4 Å². The number of carbonyl (C=O) groups excluding carboxylic acids is 3. The second kappa shape index (κ2) is 11.3. The van der Waals surface area contributed by atoms with E-state index in [0.29, 0.717) is 22.6 Å². The number of thiophene rings is 1. The number of ether oxygens (including phenoxy) is 2. The zero-order valence-electron chi connectivity index (χ0n) is 19.6. The highest BCUT2D eigenvalue weighted by molar-refractivity contribution is 7.18. The van der Waals surface area contributed by atoms with Crippen molar-refractivity contribution in [2.45, 2.75) is 27.0 Å². The van der Waals surface area contributed by atoms with Crippen LogP contribution in [-0.4, -0.2) is 53.2 Å². The lowest BCUT2D eigenvalue weighted by molar-refractivity contribution is 0.0506. The normalized spacial score (nSPS) is 10.7. The van der Waals surface area contributed by atoms with Crippen LogP contribution in [0.4, 0.5) is 9.39 Å². The Morgan fingerprint density at radius 1 is 1.26 bits per heavy atom. The van der Waals surface area contributed by atoms with E-state index in [1.807, 2.05) is 6.92 Å². The minimum absolute atomic E-state index is 0.0522. The lowest BCUT2D eigenvalue weighted by Gasteiger charge is -2.09. The summed E-state index contributed by atoms with van der Waals surface area (Å²) in [4.78, 5) is 39.8. The molecule has 1 N–H and O–H groups in total. The minimum atomic E-state index is -0.620. The average molecular weight is 523 g/mol. The fraction of sp³-hybridized carbons (Fsp3) is 0.304. The van der Waals surface area contributed by atoms with Gasteiger partial charge in [-0.25, -0.2) is 13.9 Å². The van der Waals surface area contributed by atoms with E-state index in [0.717, 1.165) is 11.3 Å². The average Bonchev–Trinajstić information content (AvgIpc) is 3.42. The number of nitrogens with zero attached hydrogens (tertiary/aromatic N) is 3. The first kappa shape index (κ1) is 26.2. The van der Waals surface area contributed by atoms with Gasteiger partial charge in [0.15, 0.2) is 12.4 Å². The number of rotatable bonds is 9. The number of benzene rings is 1. The van der Waals surface area contributed by atoms with Gasteiger partial charge in [-0.2, -0.15) is 5.10 Å². The van der Waals surface area contributed by atoms with Gasteiger partial charge in [0.2, 0.25) is 0 Å². The molecule has 0 bridgehead atoms. The molecule has 0 atom stereocenters. The highest BCUT2D eigenvalue weighted by atomic mass is 35.5. The van der Waals surface area contributed by atoms with Crippen LogP contribution in [0.3, 0.4) is 0 Å². The SMILES string of the molecule is CCCOC(=O)c1c(NC(=O)c2ccn(COc3ccc(F)c(Cl)c3)n2)sc(C(=O)N(C)C)c1C. The molecular weight excluding hydrogens is 499 g/mol. The van der Waals surface area contributed by atoms with Crippen molar-refractivity contribution in [3.63, 3.8) is 0 Å². The summed E-state index contributed by atoms with van der Waals surface area (Å²) in [5.41, 5.74) is 0.630. The van der Waals surface area contributed by atoms with Crippen molar-refractivity contribution in [3.8, 4) is 5.75 Å². The van der Waals surface area contributed by atoms with Crippen molar-refractivity contribution in [1.82, 2.24) is 14.7 Å². The van der Waals surface area contributed by atoms with Crippen molar-refractivity contribution in [2.24, 2.45) is 0 Å². The van der Waals surface area contributed by atoms with Gasteiger partial charge >= 0.3 is 5.97 Å². The Morgan fingerprint density at radius 2 is 2.00 bits per heavy atom. The second-order valence-corrected chi connectivity index (χ2v) is 9.07. The lowest BCUT2D eigenvalue weighted by Crippen LogP contribution is -2.21. The number of hydrogen-bond donors (Lipinski definition) is 1. The van der Waals surface area contributed by atoms with Crippen molar-refractivity contribution in [2.75, 3.05) is 26.0 Å². The van der Waals surface area contributed by atoms with Crippen molar-refractivity contribution >= 4 is 45.7 Å². The van der Waals surface area contributed by atoms with Crippen molar-refractivity contribution in [1.29, 1.82) is 0 Å². The molecule has 0 fully saturated rings. The third kappa shape index (κ3) is 6.17. The van der Waals surface area contributed by atoms with Crippen LogP contribution >= 0.6 is 22.9 Å². The molecule has 3 rings (SSSR count). The van der Waals surface area contributed by atoms with Gasteiger partial charge in [0.25, 0.3) is 11.8 Å². The van der Waals surface area contributed by atoms with E-state index in [4.69, 9.17) is 21.1 Å². The molecule has 2 aromatic heterocycles. The van der Waals surface area contributed by atoms with Crippen molar-refractivity contribution in [3.05, 3.63) is 63.0 Å². The molecule has 12 heteroatoms. The number of carbonyl (C=O) groups is 3. The van der Waals surface area contributed by atoms with E-state index in [2.05, 4.69) is 10.4 Å². The fourth-order valence-corrected chi connectivity index (χ4v) is 4.33. The Bertz CT molecular complexity index is 1260. The summed E-state index contributed by atoms with van der Waals surface area (Å²) in [6.07, 6.45) is 2.15. The van der Waals surface area contributed by atoms with Crippen LogP contribution in [0, 0.1) is 12.7 Å². The van der Waals surface area contributed by atoms with Gasteiger partial charge in [-0.15, -0.1) is 11.3 Å². The Hall–Kier alpha value is -3.44. The molecular formula is C23H24ClFN4O5S. The number of anilines is 1. The Kier molecular flexibility index (Phi) is 8.47. The molecule has 2 amide bonds. The molecule has 1 aromatic carbocycles. The summed E-state index contributed by atoms with van der Waals surface area (Å²) in [5.74, 6) is -1.72. The van der Waals surface area contributed by atoms with Crippen LogP contribution in [0.15, 0.2) is 30.5 Å². The quantitative estimate of drug-likeness (QED) is 0.412. The summed E-state index contributed by atoms with van der Waals surface area (Å²) in [7, 11) is 3.20. The van der Waals surface area contributed by atoms with Crippen LogP contribution in [0.2, 0.25) is 5.02 Å². The predicted molar refractivity (Wildman–Crippen MR) is 130 cm³/mol. The molecule has 2 heterocycles. The number of hydrogen-bond acceptors (Lipinski definition) is 7. The molecule has 3 aromatic rings. The maximum atomic E-state index is 13.3. The zero-order valence-corrected chi connectivity index (χ0v) is 21.1. The van der Waals surface area contributed by atoms with E-state index in [9.17, 15) is 18.8 Å². The monoisotopic (exact) mass is 522 g/mol. The van der Waals surface area contributed by atoms with Gasteiger partial charge in [-0.05, 0) is 37.1 Å². The summed E-state index contributed by atoms with van der Waals surface area (Å²) in [6, 6.07) is 5.40. The van der Waals surface area contributed by atoms with Crippen LogP contribution < -0.4 is 10.1 Å².